The van der Waals surface area contributed by atoms with Gasteiger partial charge in [-0.05, 0) is 37.1 Å². The summed E-state index contributed by atoms with van der Waals surface area (Å²) in [6.07, 6.45) is 5.99. The number of amides is 1. The number of aryl methyl sites for hydroxylation is 1. The molecule has 2 aliphatic rings. The summed E-state index contributed by atoms with van der Waals surface area (Å²) in [4.78, 5) is 19.4. The van der Waals surface area contributed by atoms with Crippen LogP contribution in [0.1, 0.15) is 54.2 Å². The van der Waals surface area contributed by atoms with Crippen molar-refractivity contribution in [3.8, 4) is 5.75 Å². The van der Waals surface area contributed by atoms with Gasteiger partial charge in [0.25, 0.3) is 5.91 Å². The van der Waals surface area contributed by atoms with E-state index in [9.17, 15) is 4.79 Å². The predicted octanol–water partition coefficient (Wildman–Crippen LogP) is 2.72. The highest BCUT2D eigenvalue weighted by Gasteiger charge is 2.38. The molecule has 1 aliphatic carbocycles. The van der Waals surface area contributed by atoms with Gasteiger partial charge < -0.3 is 19.3 Å². The number of aromatic nitrogens is 2. The maximum absolute atomic E-state index is 12.8. The highest BCUT2D eigenvalue weighted by atomic mass is 16.5. The molecule has 0 unspecified atom stereocenters. The number of carbonyl (C=O) groups is 1. The molecule has 1 N–H and O–H groups in total. The largest absolute Gasteiger partial charge is 0.485 e. The molecule has 2 heterocycles. The summed E-state index contributed by atoms with van der Waals surface area (Å²) in [5, 5.41) is 7.00. The Bertz CT molecular complexity index is 824. The molecule has 8 nitrogen and oxygen atoms in total. The fraction of sp³-hybridized carbons (Fsp3) is 0.591. The topological polar surface area (TPSA) is 89.7 Å². The molecule has 162 valence electrons. The van der Waals surface area contributed by atoms with E-state index in [2.05, 4.69) is 20.4 Å². The molecule has 0 radical (unpaired) electrons. The average molecular weight is 415 g/mol. The molecule has 1 saturated carbocycles. The summed E-state index contributed by atoms with van der Waals surface area (Å²) in [6.45, 7) is 6.09. The van der Waals surface area contributed by atoms with Crippen LogP contribution in [0.2, 0.25) is 0 Å². The van der Waals surface area contributed by atoms with Crippen LogP contribution in [0.5, 0.6) is 5.75 Å². The second kappa shape index (κ2) is 9.57. The molecule has 1 aromatic carbocycles. The van der Waals surface area contributed by atoms with Gasteiger partial charge in [-0.1, -0.05) is 24.4 Å². The molecule has 0 spiro atoms. The molecule has 8 heteroatoms. The minimum Gasteiger partial charge on any atom is -0.485 e. The number of carbonyl (C=O) groups excluding carboxylic acids is 1. The standard InChI is InChI=1S/C22H30N4O4/c1-17-24-20(25-30-17)15-29-19-7-5-18(6-8-19)21(27)23-16-22(9-3-2-4-10-22)26-11-13-28-14-12-26/h5-8H,2-4,9-16H2,1H3,(H,23,27). The van der Waals surface area contributed by atoms with Crippen molar-refractivity contribution in [3.05, 3.63) is 41.5 Å². The molecule has 0 bridgehead atoms. The molecule has 4 rings (SSSR count). The van der Waals surface area contributed by atoms with Gasteiger partial charge in [0.15, 0.2) is 6.61 Å². The predicted molar refractivity (Wildman–Crippen MR) is 110 cm³/mol. The van der Waals surface area contributed by atoms with Gasteiger partial charge in [-0.15, -0.1) is 0 Å². The van der Waals surface area contributed by atoms with Crippen molar-refractivity contribution in [2.75, 3.05) is 32.8 Å². The van der Waals surface area contributed by atoms with Crippen LogP contribution in [0.15, 0.2) is 28.8 Å². The molecule has 1 aromatic heterocycles. The molecule has 2 fully saturated rings. The molecular weight excluding hydrogens is 384 g/mol. The Labute approximate surface area is 176 Å². The Kier molecular flexibility index (Phi) is 6.64. The van der Waals surface area contributed by atoms with Crippen LogP contribution >= 0.6 is 0 Å². The van der Waals surface area contributed by atoms with Gasteiger partial charge >= 0.3 is 0 Å². The van der Waals surface area contributed by atoms with Gasteiger partial charge in [0.1, 0.15) is 5.75 Å². The summed E-state index contributed by atoms with van der Waals surface area (Å²) >= 11 is 0. The molecule has 2 aromatic rings. The van der Waals surface area contributed by atoms with Crippen LogP contribution < -0.4 is 10.1 Å². The third kappa shape index (κ3) is 4.99. The third-order valence-corrected chi connectivity index (χ3v) is 6.10. The molecule has 30 heavy (non-hydrogen) atoms. The van der Waals surface area contributed by atoms with Crippen LogP contribution in [0.3, 0.4) is 0 Å². The second-order valence-electron chi connectivity index (χ2n) is 8.11. The van der Waals surface area contributed by atoms with Crippen LogP contribution in [-0.4, -0.2) is 59.3 Å². The summed E-state index contributed by atoms with van der Waals surface area (Å²) in [7, 11) is 0. The smallest absolute Gasteiger partial charge is 0.251 e. The molecule has 1 saturated heterocycles. The zero-order valence-corrected chi connectivity index (χ0v) is 17.6. The summed E-state index contributed by atoms with van der Waals surface area (Å²) in [5.41, 5.74) is 0.689. The van der Waals surface area contributed by atoms with E-state index in [0.29, 0.717) is 29.6 Å². The number of morpholine rings is 1. The number of rotatable bonds is 7. The highest BCUT2D eigenvalue weighted by molar-refractivity contribution is 5.94. The lowest BCUT2D eigenvalue weighted by atomic mass is 9.79. The van der Waals surface area contributed by atoms with Crippen molar-refractivity contribution in [2.45, 2.75) is 51.2 Å². The molecule has 1 aliphatic heterocycles. The SMILES string of the molecule is Cc1nc(COc2ccc(C(=O)NCC3(N4CCOCC4)CCCCC3)cc2)no1. The lowest BCUT2D eigenvalue weighted by molar-refractivity contribution is -0.0361. The maximum atomic E-state index is 12.8. The number of ether oxygens (including phenoxy) is 2. The second-order valence-corrected chi connectivity index (χ2v) is 8.11. The normalized spacial score (nSPS) is 19.4. The lowest BCUT2D eigenvalue weighted by Crippen LogP contribution is -2.59. The summed E-state index contributed by atoms with van der Waals surface area (Å²) in [6, 6.07) is 7.16. The van der Waals surface area contributed by atoms with Gasteiger partial charge in [-0.3, -0.25) is 9.69 Å². The van der Waals surface area contributed by atoms with E-state index in [1.165, 1.54) is 19.3 Å². The number of hydrogen-bond acceptors (Lipinski definition) is 7. The number of hydrogen-bond donors (Lipinski definition) is 1. The zero-order chi connectivity index (χ0) is 20.8. The van der Waals surface area contributed by atoms with Crippen molar-refractivity contribution < 1.29 is 18.8 Å². The number of nitrogens with zero attached hydrogens (tertiary/aromatic N) is 3. The van der Waals surface area contributed by atoms with Gasteiger partial charge in [0, 0.05) is 37.7 Å². The van der Waals surface area contributed by atoms with Gasteiger partial charge in [-0.2, -0.15) is 4.98 Å². The van der Waals surface area contributed by atoms with Crippen LogP contribution in [0, 0.1) is 6.92 Å². The summed E-state index contributed by atoms with van der Waals surface area (Å²) < 4.78 is 16.1. The first-order chi connectivity index (χ1) is 14.6. The Morgan fingerprint density at radius 1 is 1.17 bits per heavy atom. The minimum atomic E-state index is -0.0476. The number of nitrogens with one attached hydrogen (secondary N) is 1. The van der Waals surface area contributed by atoms with E-state index < -0.39 is 0 Å². The average Bonchev–Trinajstić information content (AvgIpc) is 3.23. The van der Waals surface area contributed by atoms with Crippen LogP contribution in [0.25, 0.3) is 0 Å². The first-order valence-corrected chi connectivity index (χ1v) is 10.8. The van der Waals surface area contributed by atoms with Crippen molar-refractivity contribution in [3.63, 3.8) is 0 Å². The minimum absolute atomic E-state index is 0.0476. The Morgan fingerprint density at radius 3 is 2.57 bits per heavy atom. The van der Waals surface area contributed by atoms with Gasteiger partial charge in [-0.25, -0.2) is 0 Å². The molecular formula is C22H30N4O4. The molecule has 1 amide bonds. The first-order valence-electron chi connectivity index (χ1n) is 10.8. The van der Waals surface area contributed by atoms with Gasteiger partial charge in [0.2, 0.25) is 11.7 Å². The van der Waals surface area contributed by atoms with E-state index in [1.807, 2.05) is 0 Å². The Hall–Kier alpha value is -2.45. The van der Waals surface area contributed by atoms with Crippen molar-refractivity contribution >= 4 is 5.91 Å². The van der Waals surface area contributed by atoms with Crippen molar-refractivity contribution in [1.29, 1.82) is 0 Å². The van der Waals surface area contributed by atoms with Gasteiger partial charge in [0.05, 0.1) is 13.2 Å². The van der Waals surface area contributed by atoms with Crippen molar-refractivity contribution in [1.82, 2.24) is 20.4 Å². The Morgan fingerprint density at radius 2 is 1.90 bits per heavy atom. The van der Waals surface area contributed by atoms with E-state index in [4.69, 9.17) is 14.0 Å². The quantitative estimate of drug-likeness (QED) is 0.745. The summed E-state index contributed by atoms with van der Waals surface area (Å²) in [5.74, 6) is 1.61. The van der Waals surface area contributed by atoms with E-state index in [-0.39, 0.29) is 18.1 Å². The first kappa shape index (κ1) is 20.8. The monoisotopic (exact) mass is 414 g/mol. The number of benzene rings is 1. The van der Waals surface area contributed by atoms with E-state index in [1.54, 1.807) is 31.2 Å². The fourth-order valence-electron chi connectivity index (χ4n) is 4.45. The van der Waals surface area contributed by atoms with E-state index >= 15 is 0 Å². The third-order valence-electron chi connectivity index (χ3n) is 6.10. The molecule has 0 atom stereocenters. The maximum Gasteiger partial charge on any atom is 0.251 e. The Balaban J connectivity index is 1.33. The fourth-order valence-corrected chi connectivity index (χ4v) is 4.45. The van der Waals surface area contributed by atoms with E-state index in [0.717, 1.165) is 39.1 Å². The lowest BCUT2D eigenvalue weighted by Gasteiger charge is -2.48. The highest BCUT2D eigenvalue weighted by Crippen LogP contribution is 2.34. The zero-order valence-electron chi connectivity index (χ0n) is 17.6. The van der Waals surface area contributed by atoms with Crippen LogP contribution in [-0.2, 0) is 11.3 Å². The van der Waals surface area contributed by atoms with Crippen molar-refractivity contribution in [2.24, 2.45) is 0 Å². The van der Waals surface area contributed by atoms with Crippen LogP contribution in [0.4, 0.5) is 0 Å².